The number of rotatable bonds is 6. The van der Waals surface area contributed by atoms with Gasteiger partial charge in [-0.05, 0) is 49.4 Å². The molecule has 1 amide bonds. The van der Waals surface area contributed by atoms with Crippen molar-refractivity contribution in [2.24, 2.45) is 0 Å². The van der Waals surface area contributed by atoms with Crippen LogP contribution in [-0.4, -0.2) is 28.2 Å². The van der Waals surface area contributed by atoms with Gasteiger partial charge < -0.3 is 15.0 Å². The number of carbonyl (C=O) groups is 1. The molecular formula is C17H16ClN3O2S. The first kappa shape index (κ1) is 16.7. The van der Waals surface area contributed by atoms with E-state index in [1.165, 1.54) is 11.8 Å². The standard InChI is InChI=1S/C17H16ClN3O2S/c1-2-23-13-6-4-12(5-7-13)19-16(22)10-24-17-20-14-8-3-11(18)9-15(14)21-17/h3-9H,2,10H2,1H3,(H,19,22)(H,20,21). The lowest BCUT2D eigenvalue weighted by atomic mass is 10.3. The van der Waals surface area contributed by atoms with Crippen LogP contribution in [0.4, 0.5) is 5.69 Å². The molecule has 24 heavy (non-hydrogen) atoms. The van der Waals surface area contributed by atoms with E-state index in [1.54, 1.807) is 6.07 Å². The molecule has 3 aromatic rings. The summed E-state index contributed by atoms with van der Waals surface area (Å²) < 4.78 is 5.37. The summed E-state index contributed by atoms with van der Waals surface area (Å²) in [4.78, 5) is 19.6. The number of fused-ring (bicyclic) bond motifs is 1. The van der Waals surface area contributed by atoms with Crippen LogP contribution < -0.4 is 10.1 Å². The quantitative estimate of drug-likeness (QED) is 0.641. The van der Waals surface area contributed by atoms with Crippen molar-refractivity contribution in [2.75, 3.05) is 17.7 Å². The third-order valence-electron chi connectivity index (χ3n) is 3.21. The first-order valence-electron chi connectivity index (χ1n) is 7.45. The van der Waals surface area contributed by atoms with E-state index < -0.39 is 0 Å². The van der Waals surface area contributed by atoms with Crippen molar-refractivity contribution < 1.29 is 9.53 Å². The highest BCUT2D eigenvalue weighted by Gasteiger charge is 2.08. The Labute approximate surface area is 148 Å². The first-order valence-corrected chi connectivity index (χ1v) is 8.81. The molecule has 0 aliphatic rings. The van der Waals surface area contributed by atoms with E-state index in [-0.39, 0.29) is 11.7 Å². The summed E-state index contributed by atoms with van der Waals surface area (Å²) in [6, 6.07) is 12.7. The maximum absolute atomic E-state index is 12.0. The smallest absolute Gasteiger partial charge is 0.234 e. The van der Waals surface area contributed by atoms with Crippen molar-refractivity contribution in [3.8, 4) is 5.75 Å². The van der Waals surface area contributed by atoms with E-state index in [1.807, 2.05) is 43.3 Å². The third kappa shape index (κ3) is 4.21. The molecule has 0 radical (unpaired) electrons. The van der Waals surface area contributed by atoms with Gasteiger partial charge in [-0.3, -0.25) is 4.79 Å². The lowest BCUT2D eigenvalue weighted by molar-refractivity contribution is -0.113. The third-order valence-corrected chi connectivity index (χ3v) is 4.32. The van der Waals surface area contributed by atoms with Crippen LogP contribution in [0.1, 0.15) is 6.92 Å². The summed E-state index contributed by atoms with van der Waals surface area (Å²) in [6.45, 7) is 2.55. The molecule has 0 saturated heterocycles. The summed E-state index contributed by atoms with van der Waals surface area (Å²) in [5, 5.41) is 4.18. The van der Waals surface area contributed by atoms with Crippen molar-refractivity contribution in [3.63, 3.8) is 0 Å². The van der Waals surface area contributed by atoms with Crippen molar-refractivity contribution in [1.29, 1.82) is 0 Å². The minimum Gasteiger partial charge on any atom is -0.494 e. The van der Waals surface area contributed by atoms with Gasteiger partial charge in [0, 0.05) is 10.7 Å². The van der Waals surface area contributed by atoms with E-state index in [0.717, 1.165) is 22.5 Å². The number of nitrogens with one attached hydrogen (secondary N) is 2. The van der Waals surface area contributed by atoms with Gasteiger partial charge in [0.2, 0.25) is 5.91 Å². The molecule has 0 saturated carbocycles. The van der Waals surface area contributed by atoms with Gasteiger partial charge in [-0.25, -0.2) is 4.98 Å². The highest BCUT2D eigenvalue weighted by molar-refractivity contribution is 7.99. The van der Waals surface area contributed by atoms with Crippen LogP contribution in [0.5, 0.6) is 5.75 Å². The second-order valence-electron chi connectivity index (χ2n) is 5.00. The van der Waals surface area contributed by atoms with Gasteiger partial charge in [0.25, 0.3) is 0 Å². The average Bonchev–Trinajstić information content (AvgIpc) is 2.97. The fraction of sp³-hybridized carbons (Fsp3) is 0.176. The largest absolute Gasteiger partial charge is 0.494 e. The molecule has 5 nitrogen and oxygen atoms in total. The lowest BCUT2D eigenvalue weighted by Gasteiger charge is -2.06. The van der Waals surface area contributed by atoms with E-state index in [4.69, 9.17) is 16.3 Å². The van der Waals surface area contributed by atoms with Crippen LogP contribution in [0.25, 0.3) is 11.0 Å². The number of carbonyl (C=O) groups excluding carboxylic acids is 1. The minimum absolute atomic E-state index is 0.0948. The SMILES string of the molecule is CCOc1ccc(NC(=O)CSc2nc3ccc(Cl)cc3[nH]2)cc1. The maximum atomic E-state index is 12.0. The fourth-order valence-corrected chi connectivity index (χ4v) is 3.02. The van der Waals surface area contributed by atoms with Crippen molar-refractivity contribution in [2.45, 2.75) is 12.1 Å². The molecule has 0 aliphatic carbocycles. The predicted octanol–water partition coefficient (Wildman–Crippen LogP) is 4.35. The Morgan fingerprint density at radius 1 is 1.29 bits per heavy atom. The number of aromatic amines is 1. The van der Waals surface area contributed by atoms with Crippen LogP contribution in [-0.2, 0) is 4.79 Å². The van der Waals surface area contributed by atoms with E-state index >= 15 is 0 Å². The summed E-state index contributed by atoms with van der Waals surface area (Å²) >= 11 is 7.29. The van der Waals surface area contributed by atoms with Crippen molar-refractivity contribution in [1.82, 2.24) is 9.97 Å². The van der Waals surface area contributed by atoms with Crippen molar-refractivity contribution in [3.05, 3.63) is 47.5 Å². The van der Waals surface area contributed by atoms with Gasteiger partial charge in [0.1, 0.15) is 5.75 Å². The summed E-state index contributed by atoms with van der Waals surface area (Å²) in [7, 11) is 0. The topological polar surface area (TPSA) is 67.0 Å². The molecule has 124 valence electrons. The average molecular weight is 362 g/mol. The zero-order valence-electron chi connectivity index (χ0n) is 13.0. The van der Waals surface area contributed by atoms with Crippen LogP contribution in [0.3, 0.4) is 0 Å². The highest BCUT2D eigenvalue weighted by Crippen LogP contribution is 2.22. The Morgan fingerprint density at radius 3 is 2.83 bits per heavy atom. The van der Waals surface area contributed by atoms with Gasteiger partial charge in [0.15, 0.2) is 5.16 Å². The molecule has 2 N–H and O–H groups in total. The number of ether oxygens (including phenoxy) is 1. The number of nitrogens with zero attached hydrogens (tertiary/aromatic N) is 1. The number of H-pyrrole nitrogens is 1. The Hall–Kier alpha value is -2.18. The Bertz CT molecular complexity index is 849. The molecule has 1 aromatic heterocycles. The predicted molar refractivity (Wildman–Crippen MR) is 98.1 cm³/mol. The molecular weight excluding hydrogens is 346 g/mol. The maximum Gasteiger partial charge on any atom is 0.234 e. The van der Waals surface area contributed by atoms with E-state index in [9.17, 15) is 4.79 Å². The van der Waals surface area contributed by atoms with Crippen LogP contribution in [0, 0.1) is 0 Å². The second kappa shape index (κ2) is 7.59. The van der Waals surface area contributed by atoms with Gasteiger partial charge in [-0.2, -0.15) is 0 Å². The number of imidazole rings is 1. The fourth-order valence-electron chi connectivity index (χ4n) is 2.16. The number of benzene rings is 2. The molecule has 0 unspecified atom stereocenters. The molecule has 0 fully saturated rings. The van der Waals surface area contributed by atoms with Gasteiger partial charge in [-0.1, -0.05) is 23.4 Å². The molecule has 7 heteroatoms. The summed E-state index contributed by atoms with van der Waals surface area (Å²) in [5.41, 5.74) is 2.42. The molecule has 0 atom stereocenters. The lowest BCUT2D eigenvalue weighted by Crippen LogP contribution is -2.14. The number of anilines is 1. The summed E-state index contributed by atoms with van der Waals surface area (Å²) in [5.74, 6) is 0.953. The first-order chi connectivity index (χ1) is 11.6. The summed E-state index contributed by atoms with van der Waals surface area (Å²) in [6.07, 6.45) is 0. The number of thioether (sulfide) groups is 1. The zero-order chi connectivity index (χ0) is 16.9. The van der Waals surface area contributed by atoms with Crippen molar-refractivity contribution >= 4 is 46.0 Å². The van der Waals surface area contributed by atoms with Gasteiger partial charge in [0.05, 0.1) is 23.4 Å². The minimum atomic E-state index is -0.0948. The van der Waals surface area contributed by atoms with Crippen LogP contribution in [0.15, 0.2) is 47.6 Å². The van der Waals surface area contributed by atoms with E-state index in [2.05, 4.69) is 15.3 Å². The molecule has 0 spiro atoms. The molecule has 1 heterocycles. The number of aromatic nitrogens is 2. The Morgan fingerprint density at radius 2 is 2.08 bits per heavy atom. The monoisotopic (exact) mass is 361 g/mol. The molecule has 0 bridgehead atoms. The second-order valence-corrected chi connectivity index (χ2v) is 6.40. The molecule has 0 aliphatic heterocycles. The zero-order valence-corrected chi connectivity index (χ0v) is 14.6. The highest BCUT2D eigenvalue weighted by atomic mass is 35.5. The number of hydrogen-bond acceptors (Lipinski definition) is 4. The Kier molecular flexibility index (Phi) is 5.27. The van der Waals surface area contributed by atoms with Crippen LogP contribution in [0.2, 0.25) is 5.02 Å². The number of amides is 1. The van der Waals surface area contributed by atoms with Gasteiger partial charge in [-0.15, -0.1) is 0 Å². The van der Waals surface area contributed by atoms with Gasteiger partial charge >= 0.3 is 0 Å². The molecule has 3 rings (SSSR count). The number of halogens is 1. The Balaban J connectivity index is 1.56. The normalized spacial score (nSPS) is 10.8. The number of hydrogen-bond donors (Lipinski definition) is 2. The van der Waals surface area contributed by atoms with Crippen LogP contribution >= 0.6 is 23.4 Å². The molecule has 2 aromatic carbocycles. The van der Waals surface area contributed by atoms with E-state index in [0.29, 0.717) is 16.8 Å².